The third-order valence-electron chi connectivity index (χ3n) is 3.11. The molecule has 1 aliphatic rings. The van der Waals surface area contributed by atoms with E-state index in [-0.39, 0.29) is 11.0 Å². The second-order valence-electron chi connectivity index (χ2n) is 4.89. The van der Waals surface area contributed by atoms with Crippen LogP contribution in [-0.2, 0) is 10.5 Å². The molecular weight excluding hydrogens is 360 g/mol. The van der Waals surface area contributed by atoms with Crippen LogP contribution in [0, 0.1) is 10.1 Å². The summed E-state index contributed by atoms with van der Waals surface area (Å²) in [6.07, 6.45) is 4.70. The van der Waals surface area contributed by atoms with Crippen LogP contribution in [0.15, 0.2) is 69.7 Å². The number of benzene rings is 1. The van der Waals surface area contributed by atoms with Crippen LogP contribution in [-0.4, -0.2) is 14.4 Å². The van der Waals surface area contributed by atoms with Gasteiger partial charge in [0.15, 0.2) is 0 Å². The van der Waals surface area contributed by atoms with E-state index in [1.165, 1.54) is 29.5 Å². The summed E-state index contributed by atoms with van der Waals surface area (Å²) < 4.78 is 5.71. The summed E-state index contributed by atoms with van der Waals surface area (Å²) in [5.41, 5.74) is 1.51. The normalized spacial score (nSPS) is 15.9. The van der Waals surface area contributed by atoms with Gasteiger partial charge in [-0.3, -0.25) is 14.9 Å². The van der Waals surface area contributed by atoms with Crippen LogP contribution in [0.3, 0.4) is 0 Å². The lowest BCUT2D eigenvalue weighted by Gasteiger charge is -1.98. The number of nitrogens with zero attached hydrogens (tertiary/aromatic N) is 2. The predicted octanol–water partition coefficient (Wildman–Crippen LogP) is 4.65. The Kier molecular flexibility index (Phi) is 5.52. The molecule has 1 aromatic heterocycles. The molecule has 126 valence electrons. The van der Waals surface area contributed by atoms with E-state index < -0.39 is 4.92 Å². The first-order chi connectivity index (χ1) is 12.1. The van der Waals surface area contributed by atoms with Gasteiger partial charge in [0.05, 0.1) is 6.07 Å². The zero-order valence-corrected chi connectivity index (χ0v) is 14.5. The van der Waals surface area contributed by atoms with E-state index in [1.54, 1.807) is 18.2 Å². The van der Waals surface area contributed by atoms with Gasteiger partial charge in [0.2, 0.25) is 5.12 Å². The summed E-state index contributed by atoms with van der Waals surface area (Å²) in [5, 5.41) is 10.4. The van der Waals surface area contributed by atoms with Gasteiger partial charge in [-0.25, -0.2) is 4.99 Å². The molecule has 0 saturated carbocycles. The lowest BCUT2D eigenvalue weighted by Crippen LogP contribution is -1.87. The first kappa shape index (κ1) is 17.2. The number of carbonyl (C=O) groups excluding carboxylic acids is 1. The fourth-order valence-electron chi connectivity index (χ4n) is 1.95. The Labute approximate surface area is 151 Å². The van der Waals surface area contributed by atoms with Crippen molar-refractivity contribution in [3.8, 4) is 0 Å². The van der Waals surface area contributed by atoms with Crippen molar-refractivity contribution in [1.82, 2.24) is 0 Å². The van der Waals surface area contributed by atoms with E-state index in [1.807, 2.05) is 30.3 Å². The van der Waals surface area contributed by atoms with E-state index in [9.17, 15) is 14.9 Å². The van der Waals surface area contributed by atoms with E-state index >= 15 is 0 Å². The van der Waals surface area contributed by atoms with Gasteiger partial charge in [-0.05, 0) is 35.5 Å². The fraction of sp³-hybridized carbons (Fsp3) is 0.0588. The van der Waals surface area contributed by atoms with Crippen LogP contribution in [0.2, 0.25) is 0 Å². The standard InChI is InChI=1S/C17H12N2O4S2/c20-16-14(8-4-7-13-9-10-15(23-13)19(21)22)18-17(25-16)24-11-12-5-2-1-3-6-12/h1-10H,11H2/b7-4+,14-8-. The molecule has 2 aromatic rings. The second-order valence-corrected chi connectivity index (χ2v) is 7.07. The largest absolute Gasteiger partial charge is 0.433 e. The minimum atomic E-state index is -0.604. The Hall–Kier alpha value is -2.58. The summed E-state index contributed by atoms with van der Waals surface area (Å²) in [7, 11) is 0. The highest BCUT2D eigenvalue weighted by Gasteiger charge is 2.21. The Balaban J connectivity index is 1.61. The monoisotopic (exact) mass is 372 g/mol. The maximum absolute atomic E-state index is 12.0. The molecular formula is C17H12N2O4S2. The minimum absolute atomic E-state index is 0.120. The number of hydrogen-bond donors (Lipinski definition) is 0. The molecule has 0 spiro atoms. The summed E-state index contributed by atoms with van der Waals surface area (Å²) in [5.74, 6) is 0.765. The molecule has 0 amide bonds. The number of furan rings is 1. The number of aliphatic imine (C=N–C) groups is 1. The summed E-state index contributed by atoms with van der Waals surface area (Å²) in [6.45, 7) is 0. The van der Waals surface area contributed by atoms with Crippen molar-refractivity contribution < 1.29 is 14.1 Å². The van der Waals surface area contributed by atoms with Crippen LogP contribution >= 0.6 is 23.5 Å². The van der Waals surface area contributed by atoms with Crippen LogP contribution in [0.4, 0.5) is 5.88 Å². The van der Waals surface area contributed by atoms with Crippen molar-refractivity contribution >= 4 is 45.0 Å². The van der Waals surface area contributed by atoms with Crippen LogP contribution in [0.1, 0.15) is 11.3 Å². The third-order valence-corrected chi connectivity index (χ3v) is 5.19. The van der Waals surface area contributed by atoms with E-state index in [0.717, 1.165) is 17.5 Å². The number of rotatable bonds is 5. The molecule has 0 aliphatic carbocycles. The quantitative estimate of drug-likeness (QED) is 0.431. The number of allylic oxidation sites excluding steroid dienone is 2. The molecule has 3 rings (SSSR count). The molecule has 0 radical (unpaired) electrons. The number of nitro groups is 1. The van der Waals surface area contributed by atoms with Gasteiger partial charge in [0.1, 0.15) is 20.8 Å². The molecule has 1 aromatic carbocycles. The van der Waals surface area contributed by atoms with Gasteiger partial charge >= 0.3 is 5.88 Å². The first-order valence-electron chi connectivity index (χ1n) is 7.22. The van der Waals surface area contributed by atoms with Gasteiger partial charge in [-0.15, -0.1) is 0 Å². The van der Waals surface area contributed by atoms with Crippen LogP contribution < -0.4 is 0 Å². The average Bonchev–Trinajstić information content (AvgIpc) is 3.21. The van der Waals surface area contributed by atoms with Gasteiger partial charge < -0.3 is 4.42 Å². The number of carbonyl (C=O) groups is 1. The predicted molar refractivity (Wildman–Crippen MR) is 100 cm³/mol. The van der Waals surface area contributed by atoms with Gasteiger partial charge in [0.25, 0.3) is 0 Å². The molecule has 25 heavy (non-hydrogen) atoms. The van der Waals surface area contributed by atoms with Crippen molar-refractivity contribution in [2.45, 2.75) is 5.75 Å². The summed E-state index contributed by atoms with van der Waals surface area (Å²) in [6, 6.07) is 12.7. The highest BCUT2D eigenvalue weighted by atomic mass is 32.2. The maximum Gasteiger partial charge on any atom is 0.433 e. The van der Waals surface area contributed by atoms with E-state index in [0.29, 0.717) is 15.8 Å². The maximum atomic E-state index is 12.0. The van der Waals surface area contributed by atoms with Crippen LogP contribution in [0.5, 0.6) is 0 Å². The minimum Gasteiger partial charge on any atom is -0.401 e. The molecule has 2 heterocycles. The number of thioether (sulfide) groups is 2. The summed E-state index contributed by atoms with van der Waals surface area (Å²) in [4.78, 5) is 26.2. The Morgan fingerprint density at radius 2 is 2.04 bits per heavy atom. The summed E-state index contributed by atoms with van der Waals surface area (Å²) >= 11 is 2.62. The molecule has 8 heteroatoms. The molecule has 0 saturated heterocycles. The van der Waals surface area contributed by atoms with E-state index in [4.69, 9.17) is 4.42 Å². The molecule has 0 fully saturated rings. The molecule has 1 aliphatic heterocycles. The van der Waals surface area contributed by atoms with Crippen LogP contribution in [0.25, 0.3) is 6.08 Å². The number of hydrogen-bond acceptors (Lipinski definition) is 7. The molecule has 6 nitrogen and oxygen atoms in total. The Morgan fingerprint density at radius 3 is 2.76 bits per heavy atom. The van der Waals surface area contributed by atoms with Crippen molar-refractivity contribution in [1.29, 1.82) is 0 Å². The van der Waals surface area contributed by atoms with Crippen molar-refractivity contribution in [3.05, 3.63) is 81.8 Å². The van der Waals surface area contributed by atoms with Gasteiger partial charge in [0, 0.05) is 5.75 Å². The topological polar surface area (TPSA) is 85.7 Å². The Morgan fingerprint density at radius 1 is 1.24 bits per heavy atom. The van der Waals surface area contributed by atoms with Gasteiger partial charge in [-0.1, -0.05) is 48.2 Å². The lowest BCUT2D eigenvalue weighted by atomic mass is 10.2. The smallest absolute Gasteiger partial charge is 0.401 e. The van der Waals surface area contributed by atoms with Crippen molar-refractivity contribution in [2.24, 2.45) is 4.99 Å². The zero-order chi connectivity index (χ0) is 17.6. The van der Waals surface area contributed by atoms with E-state index in [2.05, 4.69) is 4.99 Å². The Bertz CT molecular complexity index is 885. The lowest BCUT2D eigenvalue weighted by molar-refractivity contribution is -0.402. The average molecular weight is 372 g/mol. The molecule has 0 atom stereocenters. The van der Waals surface area contributed by atoms with Crippen molar-refractivity contribution in [2.75, 3.05) is 0 Å². The molecule has 0 N–H and O–H groups in total. The third kappa shape index (κ3) is 4.71. The highest BCUT2D eigenvalue weighted by molar-refractivity contribution is 8.45. The van der Waals surface area contributed by atoms with Gasteiger partial charge in [-0.2, -0.15) is 0 Å². The SMILES string of the molecule is O=C1SC(SCc2ccccc2)=N/C1=C\C=C\c1ccc([N+](=O)[O-])o1. The van der Waals surface area contributed by atoms with Crippen molar-refractivity contribution in [3.63, 3.8) is 0 Å². The highest BCUT2D eigenvalue weighted by Crippen LogP contribution is 2.31. The second kappa shape index (κ2) is 8.00. The zero-order valence-electron chi connectivity index (χ0n) is 12.8. The molecule has 0 bridgehead atoms. The molecule has 0 unspecified atom stereocenters. The first-order valence-corrected chi connectivity index (χ1v) is 9.02. The fourth-order valence-corrected chi connectivity index (χ4v) is 3.75.